The summed E-state index contributed by atoms with van der Waals surface area (Å²) in [5.41, 5.74) is 0. The minimum absolute atomic E-state index is 0.329. The van der Waals surface area contributed by atoms with Gasteiger partial charge in [-0.3, -0.25) is 0 Å². The van der Waals surface area contributed by atoms with Crippen molar-refractivity contribution < 1.29 is 9.15 Å². The Kier molecular flexibility index (Phi) is 3.95. The van der Waals surface area contributed by atoms with Crippen LogP contribution in [0.5, 0.6) is 0 Å². The van der Waals surface area contributed by atoms with Gasteiger partial charge in [-0.05, 0) is 12.1 Å². The molecule has 0 radical (unpaired) electrons. The van der Waals surface area contributed by atoms with E-state index in [2.05, 4.69) is 15.3 Å². The van der Waals surface area contributed by atoms with E-state index in [4.69, 9.17) is 20.8 Å². The molecular weight excluding hydrogens is 242 g/mol. The number of furan rings is 1. The maximum absolute atomic E-state index is 5.88. The molecule has 0 aromatic carbocycles. The summed E-state index contributed by atoms with van der Waals surface area (Å²) in [7, 11) is 1.58. The second-order valence-electron chi connectivity index (χ2n) is 3.36. The van der Waals surface area contributed by atoms with Crippen LogP contribution in [-0.2, 0) is 17.9 Å². The summed E-state index contributed by atoms with van der Waals surface area (Å²) in [6.07, 6.45) is 1.63. The van der Waals surface area contributed by atoms with E-state index in [1.165, 1.54) is 0 Å². The monoisotopic (exact) mass is 253 g/mol. The van der Waals surface area contributed by atoms with E-state index in [0.29, 0.717) is 29.9 Å². The van der Waals surface area contributed by atoms with E-state index < -0.39 is 0 Å². The molecule has 17 heavy (non-hydrogen) atoms. The third-order valence-electron chi connectivity index (χ3n) is 2.04. The van der Waals surface area contributed by atoms with E-state index in [0.717, 1.165) is 5.76 Å². The molecule has 2 aromatic rings. The predicted molar refractivity (Wildman–Crippen MR) is 63.8 cm³/mol. The van der Waals surface area contributed by atoms with Gasteiger partial charge >= 0.3 is 0 Å². The third-order valence-corrected chi connectivity index (χ3v) is 2.23. The van der Waals surface area contributed by atoms with Crippen LogP contribution in [0.25, 0.3) is 0 Å². The van der Waals surface area contributed by atoms with Gasteiger partial charge in [-0.1, -0.05) is 11.6 Å². The number of hydrogen-bond acceptors (Lipinski definition) is 5. The number of aromatic nitrogens is 2. The SMILES string of the molecule is COCc1nc(Cl)cc(NCc2ccco2)n1. The van der Waals surface area contributed by atoms with Crippen LogP contribution in [0, 0.1) is 0 Å². The predicted octanol–water partition coefficient (Wildman–Crippen LogP) is 2.48. The van der Waals surface area contributed by atoms with Gasteiger partial charge in [0.25, 0.3) is 0 Å². The minimum Gasteiger partial charge on any atom is -0.467 e. The average Bonchev–Trinajstić information content (AvgIpc) is 2.79. The van der Waals surface area contributed by atoms with Crippen LogP contribution >= 0.6 is 11.6 Å². The molecule has 2 aromatic heterocycles. The number of rotatable bonds is 5. The quantitative estimate of drug-likeness (QED) is 0.830. The van der Waals surface area contributed by atoms with Crippen LogP contribution in [0.3, 0.4) is 0 Å². The van der Waals surface area contributed by atoms with Crippen molar-refractivity contribution in [3.63, 3.8) is 0 Å². The van der Waals surface area contributed by atoms with Gasteiger partial charge in [-0.25, -0.2) is 9.97 Å². The Labute approximate surface area is 104 Å². The Bertz CT molecular complexity index is 474. The lowest BCUT2D eigenvalue weighted by atomic mass is 10.4. The summed E-state index contributed by atoms with van der Waals surface area (Å²) in [6, 6.07) is 5.37. The van der Waals surface area contributed by atoms with Gasteiger partial charge in [0.05, 0.1) is 12.8 Å². The lowest BCUT2D eigenvalue weighted by Crippen LogP contribution is -2.04. The standard InChI is InChI=1S/C11H12ClN3O2/c1-16-7-11-14-9(12)5-10(15-11)13-6-8-3-2-4-17-8/h2-5H,6-7H2,1H3,(H,13,14,15). The zero-order valence-corrected chi connectivity index (χ0v) is 10.1. The fourth-order valence-electron chi connectivity index (χ4n) is 1.34. The summed E-state index contributed by atoms with van der Waals surface area (Å²) >= 11 is 5.88. The Hall–Kier alpha value is -1.59. The number of ether oxygens (including phenoxy) is 1. The number of nitrogens with zero attached hydrogens (tertiary/aromatic N) is 2. The first-order valence-corrected chi connectivity index (χ1v) is 5.44. The normalized spacial score (nSPS) is 10.5. The summed E-state index contributed by atoms with van der Waals surface area (Å²) in [5.74, 6) is 2.02. The van der Waals surface area contributed by atoms with E-state index in [1.807, 2.05) is 12.1 Å². The molecule has 0 unspecified atom stereocenters. The van der Waals surface area contributed by atoms with Crippen molar-refractivity contribution in [2.24, 2.45) is 0 Å². The molecule has 0 aliphatic carbocycles. The molecule has 0 bridgehead atoms. The fraction of sp³-hybridized carbons (Fsp3) is 0.273. The molecule has 0 aliphatic heterocycles. The summed E-state index contributed by atoms with van der Waals surface area (Å²) in [6.45, 7) is 0.878. The molecule has 2 rings (SSSR count). The van der Waals surface area contributed by atoms with Gasteiger partial charge in [-0.2, -0.15) is 0 Å². The van der Waals surface area contributed by atoms with Gasteiger partial charge in [0.1, 0.15) is 23.3 Å². The van der Waals surface area contributed by atoms with E-state index >= 15 is 0 Å². The largest absolute Gasteiger partial charge is 0.467 e. The van der Waals surface area contributed by atoms with Crippen molar-refractivity contribution in [3.8, 4) is 0 Å². The van der Waals surface area contributed by atoms with Crippen molar-refractivity contribution in [1.82, 2.24) is 9.97 Å². The maximum Gasteiger partial charge on any atom is 0.158 e. The van der Waals surface area contributed by atoms with Gasteiger partial charge in [0, 0.05) is 13.2 Å². The molecule has 0 amide bonds. The molecule has 0 fully saturated rings. The van der Waals surface area contributed by atoms with Crippen molar-refractivity contribution in [1.29, 1.82) is 0 Å². The lowest BCUT2D eigenvalue weighted by Gasteiger charge is -2.06. The highest BCUT2D eigenvalue weighted by molar-refractivity contribution is 6.29. The van der Waals surface area contributed by atoms with Crippen molar-refractivity contribution in [3.05, 3.63) is 41.2 Å². The van der Waals surface area contributed by atoms with Crippen LogP contribution in [0.1, 0.15) is 11.6 Å². The second-order valence-corrected chi connectivity index (χ2v) is 3.75. The first-order chi connectivity index (χ1) is 8.28. The second kappa shape index (κ2) is 5.65. The zero-order chi connectivity index (χ0) is 12.1. The molecule has 6 heteroatoms. The number of hydrogen-bond donors (Lipinski definition) is 1. The first-order valence-electron chi connectivity index (χ1n) is 5.06. The Morgan fingerprint density at radius 1 is 1.47 bits per heavy atom. The molecule has 0 spiro atoms. The van der Waals surface area contributed by atoms with Crippen LogP contribution in [0.4, 0.5) is 5.82 Å². The Balaban J connectivity index is 2.04. The van der Waals surface area contributed by atoms with Crippen LogP contribution in [0.2, 0.25) is 5.15 Å². The first kappa shape index (κ1) is 11.9. The van der Waals surface area contributed by atoms with E-state index in [1.54, 1.807) is 19.4 Å². The topological polar surface area (TPSA) is 60.2 Å². The Morgan fingerprint density at radius 3 is 3.06 bits per heavy atom. The molecule has 2 heterocycles. The van der Waals surface area contributed by atoms with Gasteiger partial charge in [-0.15, -0.1) is 0 Å². The third kappa shape index (κ3) is 3.44. The molecule has 5 nitrogen and oxygen atoms in total. The fourth-order valence-corrected chi connectivity index (χ4v) is 1.54. The van der Waals surface area contributed by atoms with Crippen molar-refractivity contribution in [2.75, 3.05) is 12.4 Å². The average molecular weight is 254 g/mol. The van der Waals surface area contributed by atoms with E-state index in [9.17, 15) is 0 Å². The smallest absolute Gasteiger partial charge is 0.158 e. The minimum atomic E-state index is 0.329. The number of halogens is 1. The summed E-state index contributed by atoms with van der Waals surface area (Å²) < 4.78 is 10.2. The maximum atomic E-state index is 5.88. The van der Waals surface area contributed by atoms with Gasteiger partial charge in [0.15, 0.2) is 5.82 Å². The molecule has 0 aliphatic rings. The highest BCUT2D eigenvalue weighted by Crippen LogP contribution is 2.13. The van der Waals surface area contributed by atoms with E-state index in [-0.39, 0.29) is 0 Å². The van der Waals surface area contributed by atoms with Crippen LogP contribution < -0.4 is 5.32 Å². The van der Waals surface area contributed by atoms with Crippen molar-refractivity contribution in [2.45, 2.75) is 13.2 Å². The molecule has 0 saturated heterocycles. The highest BCUT2D eigenvalue weighted by atomic mass is 35.5. The van der Waals surface area contributed by atoms with Crippen LogP contribution in [0.15, 0.2) is 28.9 Å². The van der Waals surface area contributed by atoms with Crippen LogP contribution in [-0.4, -0.2) is 17.1 Å². The molecule has 0 atom stereocenters. The summed E-state index contributed by atoms with van der Waals surface area (Å²) in [5, 5.41) is 3.49. The molecular formula is C11H12ClN3O2. The summed E-state index contributed by atoms with van der Waals surface area (Å²) in [4.78, 5) is 8.28. The molecule has 1 N–H and O–H groups in total. The van der Waals surface area contributed by atoms with Crippen molar-refractivity contribution >= 4 is 17.4 Å². The van der Waals surface area contributed by atoms with Gasteiger partial charge in [0.2, 0.25) is 0 Å². The molecule has 0 saturated carbocycles. The highest BCUT2D eigenvalue weighted by Gasteiger charge is 2.03. The molecule has 90 valence electrons. The number of methoxy groups -OCH3 is 1. The lowest BCUT2D eigenvalue weighted by molar-refractivity contribution is 0.178. The number of nitrogens with one attached hydrogen (secondary N) is 1. The zero-order valence-electron chi connectivity index (χ0n) is 9.31. The Morgan fingerprint density at radius 2 is 2.35 bits per heavy atom. The van der Waals surface area contributed by atoms with Gasteiger partial charge < -0.3 is 14.5 Å². The number of anilines is 1.